The number of benzene rings is 1. The number of carbonyl (C=O) groups excluding carboxylic acids is 1. The molecule has 0 radical (unpaired) electrons. The first-order chi connectivity index (χ1) is 13.8. The van der Waals surface area contributed by atoms with Crippen molar-refractivity contribution in [3.8, 4) is 0 Å². The fourth-order valence-electron chi connectivity index (χ4n) is 3.23. The molecular weight excluding hydrogens is 390 g/mol. The van der Waals surface area contributed by atoms with Crippen molar-refractivity contribution in [2.75, 3.05) is 18.4 Å². The number of aromatic nitrogens is 1. The summed E-state index contributed by atoms with van der Waals surface area (Å²) >= 11 is 0. The fourth-order valence-corrected chi connectivity index (χ4v) is 4.71. The van der Waals surface area contributed by atoms with E-state index in [1.54, 1.807) is 13.8 Å². The van der Waals surface area contributed by atoms with Crippen molar-refractivity contribution < 1.29 is 13.2 Å². The normalized spacial score (nSPS) is 11.6. The summed E-state index contributed by atoms with van der Waals surface area (Å²) < 4.78 is 27.9. The topological polar surface area (TPSA) is 88.5 Å². The summed E-state index contributed by atoms with van der Waals surface area (Å²) in [4.78, 5) is 24.9. The molecule has 0 fully saturated rings. The van der Waals surface area contributed by atoms with E-state index in [1.165, 1.54) is 22.6 Å². The van der Waals surface area contributed by atoms with Gasteiger partial charge < -0.3 is 9.88 Å². The zero-order chi connectivity index (χ0) is 21.6. The monoisotopic (exact) mass is 419 g/mol. The minimum absolute atomic E-state index is 0.00296. The molecule has 1 N–H and O–H groups in total. The van der Waals surface area contributed by atoms with Crippen LogP contribution in [0.4, 0.5) is 5.69 Å². The average Bonchev–Trinajstić information content (AvgIpc) is 2.70. The van der Waals surface area contributed by atoms with Crippen molar-refractivity contribution in [2.45, 2.75) is 52.0 Å². The third-order valence-electron chi connectivity index (χ3n) is 4.88. The first-order valence-corrected chi connectivity index (χ1v) is 11.3. The van der Waals surface area contributed by atoms with Crippen LogP contribution >= 0.6 is 0 Å². The summed E-state index contributed by atoms with van der Waals surface area (Å²) in [7, 11) is -3.71. The van der Waals surface area contributed by atoms with Crippen molar-refractivity contribution in [1.82, 2.24) is 8.87 Å². The smallest absolute Gasteiger partial charge is 0.251 e. The molecule has 0 unspecified atom stereocenters. The van der Waals surface area contributed by atoms with Crippen LogP contribution in [0.15, 0.2) is 46.2 Å². The molecule has 0 aliphatic heterocycles. The number of sulfonamides is 1. The van der Waals surface area contributed by atoms with E-state index in [-0.39, 0.29) is 17.3 Å². The Morgan fingerprint density at radius 3 is 2.10 bits per heavy atom. The highest BCUT2D eigenvalue weighted by atomic mass is 32.2. The number of aryl methyl sites for hydroxylation is 2. The number of rotatable bonds is 9. The Balaban J connectivity index is 2.32. The van der Waals surface area contributed by atoms with Crippen LogP contribution in [0.2, 0.25) is 0 Å². The van der Waals surface area contributed by atoms with E-state index in [0.29, 0.717) is 13.1 Å². The fraction of sp³-hybridized carbons (Fsp3) is 0.429. The van der Waals surface area contributed by atoms with Gasteiger partial charge in [0.15, 0.2) is 0 Å². The highest BCUT2D eigenvalue weighted by Crippen LogP contribution is 2.22. The first kappa shape index (κ1) is 22.8. The van der Waals surface area contributed by atoms with Gasteiger partial charge in [0.2, 0.25) is 15.9 Å². The van der Waals surface area contributed by atoms with E-state index in [4.69, 9.17) is 0 Å². The lowest BCUT2D eigenvalue weighted by molar-refractivity contribution is -0.116. The van der Waals surface area contributed by atoms with E-state index in [0.717, 1.165) is 34.2 Å². The summed E-state index contributed by atoms with van der Waals surface area (Å²) in [5.74, 6) is -0.375. The second-order valence-electron chi connectivity index (χ2n) is 6.63. The van der Waals surface area contributed by atoms with Crippen LogP contribution in [0, 0.1) is 0 Å². The quantitative estimate of drug-likeness (QED) is 0.677. The van der Waals surface area contributed by atoms with Gasteiger partial charge in [-0.3, -0.25) is 9.59 Å². The number of anilines is 1. The molecule has 1 heterocycles. The molecule has 158 valence electrons. The number of amides is 1. The Morgan fingerprint density at radius 2 is 1.59 bits per heavy atom. The number of carbonyl (C=O) groups is 1. The molecule has 0 atom stereocenters. The van der Waals surface area contributed by atoms with Gasteiger partial charge in [0.1, 0.15) is 6.54 Å². The zero-order valence-electron chi connectivity index (χ0n) is 17.4. The second kappa shape index (κ2) is 9.84. The van der Waals surface area contributed by atoms with Crippen molar-refractivity contribution in [2.24, 2.45) is 0 Å². The lowest BCUT2D eigenvalue weighted by Gasteiger charge is -2.19. The molecule has 8 heteroatoms. The van der Waals surface area contributed by atoms with Gasteiger partial charge >= 0.3 is 0 Å². The molecule has 1 aromatic heterocycles. The predicted octanol–water partition coefficient (Wildman–Crippen LogP) is 2.64. The molecule has 2 aromatic rings. The lowest BCUT2D eigenvalue weighted by atomic mass is 10.0. The van der Waals surface area contributed by atoms with Gasteiger partial charge in [0.25, 0.3) is 5.56 Å². The second-order valence-corrected chi connectivity index (χ2v) is 8.56. The van der Waals surface area contributed by atoms with Gasteiger partial charge in [-0.15, -0.1) is 0 Å². The highest BCUT2D eigenvalue weighted by Gasteiger charge is 2.22. The molecule has 0 saturated carbocycles. The molecule has 7 nitrogen and oxygen atoms in total. The minimum Gasteiger partial charge on any atom is -0.324 e. The third-order valence-corrected chi connectivity index (χ3v) is 6.91. The van der Waals surface area contributed by atoms with Crippen LogP contribution in [-0.4, -0.2) is 36.3 Å². The van der Waals surface area contributed by atoms with Gasteiger partial charge in [0, 0.05) is 31.0 Å². The molecular formula is C21H29N3O4S. The number of hydrogen-bond acceptors (Lipinski definition) is 4. The number of nitrogens with one attached hydrogen (secondary N) is 1. The van der Waals surface area contributed by atoms with Crippen LogP contribution in [-0.2, 0) is 34.2 Å². The summed E-state index contributed by atoms with van der Waals surface area (Å²) in [6, 6.07) is 8.34. The van der Waals surface area contributed by atoms with Gasteiger partial charge in [-0.1, -0.05) is 45.9 Å². The maximum Gasteiger partial charge on any atom is 0.251 e. The SMILES string of the molecule is CCc1cccc(CC)c1NC(=O)Cn1cc(S(=O)(=O)N(CC)CC)ccc1=O. The Hall–Kier alpha value is -2.45. The van der Waals surface area contributed by atoms with Crippen LogP contribution < -0.4 is 10.9 Å². The van der Waals surface area contributed by atoms with Crippen molar-refractivity contribution in [3.63, 3.8) is 0 Å². The maximum absolute atomic E-state index is 12.7. The van der Waals surface area contributed by atoms with Crippen LogP contribution in [0.1, 0.15) is 38.8 Å². The highest BCUT2D eigenvalue weighted by molar-refractivity contribution is 7.89. The van der Waals surface area contributed by atoms with E-state index in [9.17, 15) is 18.0 Å². The van der Waals surface area contributed by atoms with Crippen molar-refractivity contribution in [1.29, 1.82) is 0 Å². The molecule has 0 saturated heterocycles. The molecule has 2 rings (SSSR count). The zero-order valence-corrected chi connectivity index (χ0v) is 18.3. The maximum atomic E-state index is 12.7. The number of pyridine rings is 1. The third kappa shape index (κ3) is 5.13. The summed E-state index contributed by atoms with van der Waals surface area (Å²) in [5, 5.41) is 2.90. The Labute approximate surface area is 172 Å². The minimum atomic E-state index is -3.71. The number of para-hydroxylation sites is 1. The molecule has 1 aromatic carbocycles. The van der Waals surface area contributed by atoms with E-state index in [1.807, 2.05) is 32.0 Å². The lowest BCUT2D eigenvalue weighted by Crippen LogP contribution is -2.33. The van der Waals surface area contributed by atoms with Gasteiger partial charge in [0.05, 0.1) is 4.90 Å². The van der Waals surface area contributed by atoms with Crippen LogP contribution in [0.25, 0.3) is 0 Å². The molecule has 1 amide bonds. The molecule has 29 heavy (non-hydrogen) atoms. The Bertz CT molecular complexity index is 1000. The first-order valence-electron chi connectivity index (χ1n) is 9.89. The number of hydrogen-bond donors (Lipinski definition) is 1. The summed E-state index contributed by atoms with van der Waals surface area (Å²) in [6.45, 7) is 7.91. The van der Waals surface area contributed by atoms with Gasteiger partial charge in [-0.05, 0) is 30.0 Å². The molecule has 0 bridgehead atoms. The molecule has 0 aliphatic rings. The van der Waals surface area contributed by atoms with Crippen molar-refractivity contribution >= 4 is 21.6 Å². The Morgan fingerprint density at radius 1 is 1.00 bits per heavy atom. The Kier molecular flexibility index (Phi) is 7.75. The van der Waals surface area contributed by atoms with Crippen LogP contribution in [0.5, 0.6) is 0 Å². The van der Waals surface area contributed by atoms with E-state index >= 15 is 0 Å². The summed E-state index contributed by atoms with van der Waals surface area (Å²) in [6.07, 6.45) is 2.77. The van der Waals surface area contributed by atoms with Crippen molar-refractivity contribution in [3.05, 3.63) is 58.0 Å². The van der Waals surface area contributed by atoms with E-state index < -0.39 is 15.6 Å². The standard InChI is InChI=1S/C21H29N3O4S/c1-5-16-10-9-11-17(6-2)21(16)22-19(25)15-23-14-18(12-13-20(23)26)29(27,28)24(7-3)8-4/h9-14H,5-8,15H2,1-4H3,(H,22,25). The van der Waals surface area contributed by atoms with Gasteiger partial charge in [-0.2, -0.15) is 4.31 Å². The predicted molar refractivity (Wildman–Crippen MR) is 115 cm³/mol. The average molecular weight is 420 g/mol. The summed E-state index contributed by atoms with van der Waals surface area (Å²) in [5.41, 5.74) is 2.37. The number of nitrogens with zero attached hydrogens (tertiary/aromatic N) is 2. The van der Waals surface area contributed by atoms with Gasteiger partial charge in [-0.25, -0.2) is 8.42 Å². The van der Waals surface area contributed by atoms with E-state index in [2.05, 4.69) is 5.32 Å². The largest absolute Gasteiger partial charge is 0.324 e. The molecule has 0 spiro atoms. The van der Waals surface area contributed by atoms with Crippen LogP contribution in [0.3, 0.4) is 0 Å². The molecule has 0 aliphatic carbocycles.